The van der Waals surface area contributed by atoms with Gasteiger partial charge in [0.05, 0.1) is 5.69 Å². The van der Waals surface area contributed by atoms with Crippen molar-refractivity contribution in [1.29, 1.82) is 0 Å². The summed E-state index contributed by atoms with van der Waals surface area (Å²) < 4.78 is 0. The van der Waals surface area contributed by atoms with Crippen molar-refractivity contribution in [2.75, 3.05) is 0 Å². The third-order valence-electron chi connectivity index (χ3n) is 2.21. The molecular weight excluding hydrogens is 226 g/mol. The minimum Gasteiger partial charge on any atom is -0.383 e. The molecule has 0 fully saturated rings. The average Bonchev–Trinajstić information content (AvgIpc) is 2.40. The molecule has 0 spiro atoms. The Bertz CT molecular complexity index is 560. The van der Waals surface area contributed by atoms with Gasteiger partial charge in [0.1, 0.15) is 5.84 Å². The van der Waals surface area contributed by atoms with Crippen molar-refractivity contribution >= 4 is 17.5 Å². The van der Waals surface area contributed by atoms with Crippen LogP contribution in [-0.2, 0) is 0 Å². The number of nitrogens with two attached hydrogens (primary N) is 2. The third kappa shape index (κ3) is 3.15. The summed E-state index contributed by atoms with van der Waals surface area (Å²) in [4.78, 5) is 12.0. The van der Waals surface area contributed by atoms with Crippen LogP contribution in [0.2, 0.25) is 0 Å². The molecule has 4 N–H and O–H groups in total. The molecule has 0 saturated carbocycles. The Morgan fingerprint density at radius 3 is 2.28 bits per heavy atom. The molecule has 0 radical (unpaired) electrons. The van der Waals surface area contributed by atoms with Gasteiger partial charge in [0.25, 0.3) is 0 Å². The van der Waals surface area contributed by atoms with Gasteiger partial charge in [-0.3, -0.25) is 4.98 Å². The molecule has 0 aliphatic heterocycles. The average molecular weight is 239 g/mol. The van der Waals surface area contributed by atoms with Crippen LogP contribution in [0, 0.1) is 0 Å². The summed E-state index contributed by atoms with van der Waals surface area (Å²) in [5, 5.41) is 0. The topological polar surface area (TPSA) is 89.6 Å². The highest BCUT2D eigenvalue weighted by atomic mass is 15.1. The molecular formula is C13H13N5. The first-order valence-electron chi connectivity index (χ1n) is 5.39. The van der Waals surface area contributed by atoms with Gasteiger partial charge in [-0.2, -0.15) is 4.99 Å². The molecule has 0 aliphatic rings. The minimum atomic E-state index is 0.113. The van der Waals surface area contributed by atoms with Crippen molar-refractivity contribution in [1.82, 2.24) is 4.98 Å². The first kappa shape index (κ1) is 11.8. The Kier molecular flexibility index (Phi) is 3.66. The van der Waals surface area contributed by atoms with E-state index >= 15 is 0 Å². The van der Waals surface area contributed by atoms with E-state index in [-0.39, 0.29) is 5.96 Å². The van der Waals surface area contributed by atoms with Gasteiger partial charge in [0, 0.05) is 18.0 Å². The van der Waals surface area contributed by atoms with Crippen LogP contribution in [0.4, 0.5) is 5.69 Å². The molecule has 1 aromatic heterocycles. The molecule has 5 heteroatoms. The van der Waals surface area contributed by atoms with E-state index < -0.39 is 0 Å². The van der Waals surface area contributed by atoms with E-state index in [9.17, 15) is 0 Å². The Labute approximate surface area is 105 Å². The van der Waals surface area contributed by atoms with Crippen molar-refractivity contribution in [2.45, 2.75) is 0 Å². The standard InChI is InChI=1S/C13H13N5/c14-12(10-4-2-1-3-5-10)18-13(15)17-11-6-8-16-9-7-11/h1-9H,(H4,14,15,16,17,18). The maximum absolute atomic E-state index is 5.83. The fourth-order valence-electron chi connectivity index (χ4n) is 1.37. The minimum absolute atomic E-state index is 0.113. The molecule has 1 aromatic carbocycles. The van der Waals surface area contributed by atoms with Gasteiger partial charge in [0.2, 0.25) is 5.96 Å². The van der Waals surface area contributed by atoms with Gasteiger partial charge in [-0.15, -0.1) is 0 Å². The highest BCUT2D eigenvalue weighted by Crippen LogP contribution is 2.08. The summed E-state index contributed by atoms with van der Waals surface area (Å²) >= 11 is 0. The molecule has 0 unspecified atom stereocenters. The molecule has 1 heterocycles. The molecule has 2 aromatic rings. The van der Waals surface area contributed by atoms with Crippen LogP contribution in [-0.4, -0.2) is 16.8 Å². The number of amidine groups is 1. The number of benzene rings is 1. The van der Waals surface area contributed by atoms with Crippen LogP contribution in [0.3, 0.4) is 0 Å². The van der Waals surface area contributed by atoms with Crippen molar-refractivity contribution in [3.8, 4) is 0 Å². The monoisotopic (exact) mass is 239 g/mol. The lowest BCUT2D eigenvalue weighted by Crippen LogP contribution is -2.19. The number of guanidine groups is 1. The van der Waals surface area contributed by atoms with E-state index in [1.54, 1.807) is 24.5 Å². The number of aromatic nitrogens is 1. The van der Waals surface area contributed by atoms with Gasteiger partial charge in [-0.05, 0) is 12.1 Å². The molecule has 0 aliphatic carbocycles. The first-order valence-corrected chi connectivity index (χ1v) is 5.39. The third-order valence-corrected chi connectivity index (χ3v) is 2.21. The highest BCUT2D eigenvalue weighted by Gasteiger charge is 1.98. The predicted octanol–water partition coefficient (Wildman–Crippen LogP) is 1.43. The van der Waals surface area contributed by atoms with Crippen molar-refractivity contribution in [2.24, 2.45) is 21.5 Å². The van der Waals surface area contributed by atoms with Gasteiger partial charge >= 0.3 is 0 Å². The Hall–Kier alpha value is -2.69. The van der Waals surface area contributed by atoms with Crippen molar-refractivity contribution in [3.63, 3.8) is 0 Å². The Morgan fingerprint density at radius 2 is 1.61 bits per heavy atom. The predicted molar refractivity (Wildman–Crippen MR) is 72.7 cm³/mol. The van der Waals surface area contributed by atoms with Crippen molar-refractivity contribution < 1.29 is 0 Å². The second-order valence-electron chi connectivity index (χ2n) is 3.54. The van der Waals surface area contributed by atoms with Crippen LogP contribution in [0.1, 0.15) is 5.56 Å². The van der Waals surface area contributed by atoms with E-state index in [1.165, 1.54) is 0 Å². The SMILES string of the molecule is NC(=Nc1ccncc1)N=C(N)c1ccccc1. The lowest BCUT2D eigenvalue weighted by atomic mass is 10.2. The summed E-state index contributed by atoms with van der Waals surface area (Å²) in [5.74, 6) is 0.452. The van der Waals surface area contributed by atoms with E-state index in [4.69, 9.17) is 11.5 Å². The summed E-state index contributed by atoms with van der Waals surface area (Å²) in [6, 6.07) is 12.9. The number of nitrogens with zero attached hydrogens (tertiary/aromatic N) is 3. The van der Waals surface area contributed by atoms with Crippen LogP contribution in [0.5, 0.6) is 0 Å². The lowest BCUT2D eigenvalue weighted by Gasteiger charge is -2.00. The number of hydrogen-bond acceptors (Lipinski definition) is 2. The molecule has 0 atom stereocenters. The summed E-state index contributed by atoms with van der Waals surface area (Å²) in [6.45, 7) is 0. The maximum atomic E-state index is 5.83. The highest BCUT2D eigenvalue weighted by molar-refractivity contribution is 6.04. The maximum Gasteiger partial charge on any atom is 0.222 e. The van der Waals surface area contributed by atoms with E-state index in [0.29, 0.717) is 11.5 Å². The summed E-state index contributed by atoms with van der Waals surface area (Å²) in [5.41, 5.74) is 13.0. The van der Waals surface area contributed by atoms with Gasteiger partial charge in [0.15, 0.2) is 0 Å². The zero-order valence-electron chi connectivity index (χ0n) is 9.69. The molecule has 0 amide bonds. The van der Waals surface area contributed by atoms with E-state index in [1.807, 2.05) is 30.3 Å². The summed E-state index contributed by atoms with van der Waals surface area (Å²) in [7, 11) is 0. The molecule has 5 nitrogen and oxygen atoms in total. The lowest BCUT2D eigenvalue weighted by molar-refractivity contribution is 1.30. The number of pyridine rings is 1. The fourth-order valence-corrected chi connectivity index (χ4v) is 1.37. The molecule has 2 rings (SSSR count). The normalized spacial score (nSPS) is 12.4. The molecule has 18 heavy (non-hydrogen) atoms. The molecule has 0 saturated heterocycles. The van der Waals surface area contributed by atoms with E-state index in [2.05, 4.69) is 15.0 Å². The van der Waals surface area contributed by atoms with Gasteiger partial charge in [-0.25, -0.2) is 4.99 Å². The van der Waals surface area contributed by atoms with Gasteiger partial charge in [-0.1, -0.05) is 30.3 Å². The smallest absolute Gasteiger partial charge is 0.222 e. The Balaban J connectivity index is 2.21. The second-order valence-corrected chi connectivity index (χ2v) is 3.54. The number of rotatable bonds is 2. The van der Waals surface area contributed by atoms with Crippen LogP contribution < -0.4 is 11.5 Å². The van der Waals surface area contributed by atoms with Crippen LogP contribution in [0.15, 0.2) is 64.8 Å². The zero-order valence-corrected chi connectivity index (χ0v) is 9.69. The quantitative estimate of drug-likeness (QED) is 0.613. The molecule has 0 bridgehead atoms. The fraction of sp³-hybridized carbons (Fsp3) is 0. The van der Waals surface area contributed by atoms with Crippen LogP contribution >= 0.6 is 0 Å². The van der Waals surface area contributed by atoms with E-state index in [0.717, 1.165) is 5.56 Å². The largest absolute Gasteiger partial charge is 0.383 e. The van der Waals surface area contributed by atoms with Crippen molar-refractivity contribution in [3.05, 3.63) is 60.4 Å². The molecule has 90 valence electrons. The van der Waals surface area contributed by atoms with Gasteiger partial charge < -0.3 is 11.5 Å². The second kappa shape index (κ2) is 5.58. The summed E-state index contributed by atoms with van der Waals surface area (Å²) in [6.07, 6.45) is 3.27. The Morgan fingerprint density at radius 1 is 0.944 bits per heavy atom. The number of hydrogen-bond donors (Lipinski definition) is 2. The first-order chi connectivity index (χ1) is 8.75. The van der Waals surface area contributed by atoms with Crippen LogP contribution in [0.25, 0.3) is 0 Å². The number of aliphatic imine (C=N–C) groups is 2. The zero-order chi connectivity index (χ0) is 12.8.